The fourth-order valence-electron chi connectivity index (χ4n) is 1.78. The van der Waals surface area contributed by atoms with Crippen molar-refractivity contribution in [3.63, 3.8) is 0 Å². The van der Waals surface area contributed by atoms with E-state index in [4.69, 9.17) is 4.52 Å². The summed E-state index contributed by atoms with van der Waals surface area (Å²) in [5, 5.41) is 6.79. The number of aromatic nitrogens is 4. The van der Waals surface area contributed by atoms with Gasteiger partial charge in [0.15, 0.2) is 0 Å². The monoisotopic (exact) mass is 235 g/mol. The Morgan fingerprint density at radius 1 is 1.41 bits per heavy atom. The van der Waals surface area contributed by atoms with E-state index in [0.29, 0.717) is 30.4 Å². The van der Waals surface area contributed by atoms with Crippen molar-refractivity contribution in [1.29, 1.82) is 0 Å². The molecule has 0 amide bonds. The molecular weight excluding hydrogens is 225 g/mol. The van der Waals surface area contributed by atoms with Gasteiger partial charge in [0.2, 0.25) is 11.7 Å². The van der Waals surface area contributed by atoms with Crippen molar-refractivity contribution in [3.05, 3.63) is 24.5 Å². The first-order valence-electron chi connectivity index (χ1n) is 5.30. The zero-order chi connectivity index (χ0) is 11.7. The van der Waals surface area contributed by atoms with E-state index in [2.05, 4.69) is 25.4 Å². The van der Waals surface area contributed by atoms with Crippen LogP contribution in [0.2, 0.25) is 0 Å². The van der Waals surface area contributed by atoms with Crippen molar-refractivity contribution in [2.75, 3.05) is 6.54 Å². The van der Waals surface area contributed by atoms with Crippen molar-refractivity contribution in [1.82, 2.24) is 25.4 Å². The second-order valence-corrected chi connectivity index (χ2v) is 3.84. The third-order valence-electron chi connectivity index (χ3n) is 2.61. The van der Waals surface area contributed by atoms with Crippen LogP contribution in [0.3, 0.4) is 0 Å². The maximum absolute atomic E-state index is 13.0. The summed E-state index contributed by atoms with van der Waals surface area (Å²) >= 11 is 0. The molecule has 1 N–H and O–H groups in total. The topological polar surface area (TPSA) is 76.7 Å². The lowest BCUT2D eigenvalue weighted by Gasteiger charge is -2.00. The van der Waals surface area contributed by atoms with Gasteiger partial charge >= 0.3 is 0 Å². The number of halogens is 1. The summed E-state index contributed by atoms with van der Waals surface area (Å²) < 4.78 is 18.1. The van der Waals surface area contributed by atoms with Gasteiger partial charge in [-0.3, -0.25) is 4.98 Å². The highest BCUT2D eigenvalue weighted by atomic mass is 19.1. The highest BCUT2D eigenvalue weighted by Gasteiger charge is 2.29. The highest BCUT2D eigenvalue weighted by Crippen LogP contribution is 2.24. The molecule has 1 aliphatic heterocycles. The Morgan fingerprint density at radius 3 is 3.06 bits per heavy atom. The summed E-state index contributed by atoms with van der Waals surface area (Å²) in [6, 6.07) is -0.206. The number of nitrogens with zero attached hydrogens (tertiary/aromatic N) is 4. The van der Waals surface area contributed by atoms with Gasteiger partial charge in [-0.05, 0) is 0 Å². The van der Waals surface area contributed by atoms with Crippen LogP contribution in [0.15, 0.2) is 23.1 Å². The quantitative estimate of drug-likeness (QED) is 0.833. The minimum atomic E-state index is -0.855. The second kappa shape index (κ2) is 4.17. The van der Waals surface area contributed by atoms with Crippen LogP contribution in [-0.2, 0) is 0 Å². The van der Waals surface area contributed by atoms with Crippen molar-refractivity contribution >= 4 is 0 Å². The molecule has 2 aromatic rings. The first kappa shape index (κ1) is 10.3. The molecule has 17 heavy (non-hydrogen) atoms. The SMILES string of the molecule is F[C@@H]1CN[C@@H](c2nc(-c3cnccn3)no2)C1. The molecule has 7 heteroatoms. The van der Waals surface area contributed by atoms with Crippen LogP contribution in [0.4, 0.5) is 4.39 Å². The van der Waals surface area contributed by atoms with Gasteiger partial charge in [-0.1, -0.05) is 5.16 Å². The number of alkyl halides is 1. The molecule has 6 nitrogen and oxygen atoms in total. The molecule has 0 unspecified atom stereocenters. The first-order valence-corrected chi connectivity index (χ1v) is 5.30. The Labute approximate surface area is 96.3 Å². The van der Waals surface area contributed by atoms with Crippen LogP contribution < -0.4 is 5.32 Å². The zero-order valence-corrected chi connectivity index (χ0v) is 8.88. The summed E-state index contributed by atoms with van der Waals surface area (Å²) in [4.78, 5) is 12.2. The molecule has 0 aliphatic carbocycles. The molecule has 2 aromatic heterocycles. The first-order chi connectivity index (χ1) is 8.33. The largest absolute Gasteiger partial charge is 0.337 e. The lowest BCUT2D eigenvalue weighted by Crippen LogP contribution is -2.14. The maximum atomic E-state index is 13.0. The van der Waals surface area contributed by atoms with Crippen LogP contribution in [0, 0.1) is 0 Å². The second-order valence-electron chi connectivity index (χ2n) is 3.84. The molecule has 2 atom stereocenters. The Hall–Kier alpha value is -1.89. The number of hydrogen-bond acceptors (Lipinski definition) is 6. The average Bonchev–Trinajstić information content (AvgIpc) is 2.98. The predicted molar refractivity (Wildman–Crippen MR) is 55.6 cm³/mol. The highest BCUT2D eigenvalue weighted by molar-refractivity contribution is 5.45. The molecule has 0 spiro atoms. The Kier molecular flexibility index (Phi) is 2.52. The van der Waals surface area contributed by atoms with E-state index in [1.807, 2.05) is 0 Å². The van der Waals surface area contributed by atoms with E-state index in [9.17, 15) is 4.39 Å². The minimum absolute atomic E-state index is 0.206. The van der Waals surface area contributed by atoms with Crippen LogP contribution in [0.5, 0.6) is 0 Å². The summed E-state index contributed by atoms with van der Waals surface area (Å²) in [5.41, 5.74) is 0.539. The van der Waals surface area contributed by atoms with Gasteiger partial charge in [-0.2, -0.15) is 4.98 Å². The molecule has 0 radical (unpaired) electrons. The minimum Gasteiger partial charge on any atom is -0.337 e. The maximum Gasteiger partial charge on any atom is 0.244 e. The lowest BCUT2D eigenvalue weighted by atomic mass is 10.2. The van der Waals surface area contributed by atoms with E-state index >= 15 is 0 Å². The van der Waals surface area contributed by atoms with Crippen LogP contribution in [0.1, 0.15) is 18.4 Å². The number of rotatable bonds is 2. The van der Waals surface area contributed by atoms with Crippen molar-refractivity contribution in [2.24, 2.45) is 0 Å². The number of hydrogen-bond donors (Lipinski definition) is 1. The van der Waals surface area contributed by atoms with Gasteiger partial charge in [-0.25, -0.2) is 9.37 Å². The van der Waals surface area contributed by atoms with Crippen LogP contribution in [-0.4, -0.2) is 32.8 Å². The molecular formula is C10H10FN5O. The Morgan fingerprint density at radius 2 is 2.35 bits per heavy atom. The Bertz CT molecular complexity index is 502. The molecule has 3 heterocycles. The van der Waals surface area contributed by atoms with Crippen LogP contribution in [0.25, 0.3) is 11.5 Å². The molecule has 88 valence electrons. The van der Waals surface area contributed by atoms with Gasteiger partial charge in [0.1, 0.15) is 11.9 Å². The van der Waals surface area contributed by atoms with E-state index in [0.717, 1.165) is 0 Å². The molecule has 3 rings (SSSR count). The summed E-state index contributed by atoms with van der Waals surface area (Å²) in [6.45, 7) is 0.327. The van der Waals surface area contributed by atoms with Crippen LogP contribution >= 0.6 is 0 Å². The normalized spacial score (nSPS) is 24.1. The third kappa shape index (κ3) is 2.01. The molecule has 1 saturated heterocycles. The lowest BCUT2D eigenvalue weighted by molar-refractivity contribution is 0.324. The van der Waals surface area contributed by atoms with Gasteiger partial charge < -0.3 is 9.84 Å². The third-order valence-corrected chi connectivity index (χ3v) is 2.61. The average molecular weight is 235 g/mol. The molecule has 0 bridgehead atoms. The fraction of sp³-hybridized carbons (Fsp3) is 0.400. The molecule has 1 fully saturated rings. The fourth-order valence-corrected chi connectivity index (χ4v) is 1.78. The van der Waals surface area contributed by atoms with Gasteiger partial charge in [0.25, 0.3) is 0 Å². The Balaban J connectivity index is 1.84. The predicted octanol–water partition coefficient (Wildman–Crippen LogP) is 0.899. The summed E-state index contributed by atoms with van der Waals surface area (Å²) in [5.74, 6) is 0.767. The van der Waals surface area contributed by atoms with Gasteiger partial charge in [-0.15, -0.1) is 0 Å². The summed E-state index contributed by atoms with van der Waals surface area (Å²) in [7, 11) is 0. The van der Waals surface area contributed by atoms with Crippen molar-refractivity contribution in [3.8, 4) is 11.5 Å². The summed E-state index contributed by atoms with van der Waals surface area (Å²) in [6.07, 6.45) is 4.18. The van der Waals surface area contributed by atoms with E-state index in [1.54, 1.807) is 18.6 Å². The van der Waals surface area contributed by atoms with E-state index in [-0.39, 0.29) is 6.04 Å². The zero-order valence-electron chi connectivity index (χ0n) is 8.88. The molecule has 1 aliphatic rings. The van der Waals surface area contributed by atoms with Gasteiger partial charge in [0.05, 0.1) is 12.2 Å². The standard InChI is InChI=1S/C10H10FN5O/c11-6-3-7(14-4-6)10-15-9(16-17-10)8-5-12-1-2-13-8/h1-2,5-7,14H,3-4H2/t6-,7+/m0/s1. The molecule has 0 saturated carbocycles. The van der Waals surface area contributed by atoms with Crippen molar-refractivity contribution < 1.29 is 8.91 Å². The smallest absolute Gasteiger partial charge is 0.244 e. The van der Waals surface area contributed by atoms with E-state index < -0.39 is 6.17 Å². The number of nitrogens with one attached hydrogen (secondary N) is 1. The van der Waals surface area contributed by atoms with Crippen molar-refractivity contribution in [2.45, 2.75) is 18.6 Å². The van der Waals surface area contributed by atoms with E-state index in [1.165, 1.54) is 0 Å². The molecule has 0 aromatic carbocycles. The van der Waals surface area contributed by atoms with Gasteiger partial charge in [0, 0.05) is 25.4 Å².